The molecule has 1 aliphatic heterocycles. The average Bonchev–Trinajstić information content (AvgIpc) is 2.35. The fraction of sp³-hybridized carbons (Fsp3) is 0.800. The normalized spacial score (nSPS) is 19.7. The molecule has 1 heterocycles. The monoisotopic (exact) mass is 269 g/mol. The number of amides is 1. The van der Waals surface area contributed by atoms with Crippen molar-refractivity contribution in [2.24, 2.45) is 5.41 Å². The van der Waals surface area contributed by atoms with E-state index in [2.05, 4.69) is 6.08 Å². The van der Waals surface area contributed by atoms with E-state index in [4.69, 9.17) is 4.74 Å². The third-order valence-electron chi connectivity index (χ3n) is 3.60. The fourth-order valence-corrected chi connectivity index (χ4v) is 2.28. The van der Waals surface area contributed by atoms with Crippen molar-refractivity contribution < 1.29 is 14.6 Å². The summed E-state index contributed by atoms with van der Waals surface area (Å²) in [6.45, 7) is 9.11. The quantitative estimate of drug-likeness (QED) is 0.801. The fourth-order valence-electron chi connectivity index (χ4n) is 2.28. The van der Waals surface area contributed by atoms with Crippen molar-refractivity contribution in [2.45, 2.75) is 52.6 Å². The SMILES string of the molecule is CC=CCC1(CO)CCN(C(=O)OC(C)(C)C)CC1. The maximum atomic E-state index is 12.0. The third-order valence-corrected chi connectivity index (χ3v) is 3.60. The maximum Gasteiger partial charge on any atom is 0.410 e. The highest BCUT2D eigenvalue weighted by atomic mass is 16.6. The number of nitrogens with zero attached hydrogens (tertiary/aromatic N) is 1. The molecule has 0 spiro atoms. The van der Waals surface area contributed by atoms with Gasteiger partial charge >= 0.3 is 6.09 Å². The summed E-state index contributed by atoms with van der Waals surface area (Å²) in [4.78, 5) is 13.7. The number of aliphatic hydroxyl groups is 1. The molecule has 0 bridgehead atoms. The molecular formula is C15H27NO3. The van der Waals surface area contributed by atoms with Crippen LogP contribution in [0.2, 0.25) is 0 Å². The van der Waals surface area contributed by atoms with Crippen LogP contribution in [0.3, 0.4) is 0 Å². The summed E-state index contributed by atoms with van der Waals surface area (Å²) >= 11 is 0. The summed E-state index contributed by atoms with van der Waals surface area (Å²) in [7, 11) is 0. The molecule has 1 aliphatic rings. The molecule has 1 amide bonds. The summed E-state index contributed by atoms with van der Waals surface area (Å²) in [5, 5.41) is 9.61. The van der Waals surface area contributed by atoms with Crippen LogP contribution in [-0.4, -0.2) is 41.4 Å². The smallest absolute Gasteiger partial charge is 0.410 e. The van der Waals surface area contributed by atoms with Crippen molar-refractivity contribution in [3.63, 3.8) is 0 Å². The lowest BCUT2D eigenvalue weighted by Crippen LogP contribution is -2.46. The van der Waals surface area contributed by atoms with Gasteiger partial charge in [-0.3, -0.25) is 0 Å². The zero-order chi connectivity index (χ0) is 14.5. The molecule has 19 heavy (non-hydrogen) atoms. The van der Waals surface area contributed by atoms with Gasteiger partial charge in [0.25, 0.3) is 0 Å². The molecule has 0 unspecified atom stereocenters. The number of piperidine rings is 1. The summed E-state index contributed by atoms with van der Waals surface area (Å²) in [6, 6.07) is 0. The van der Waals surface area contributed by atoms with Gasteiger partial charge in [-0.1, -0.05) is 12.2 Å². The second-order valence-electron chi connectivity index (χ2n) is 6.40. The number of ether oxygens (including phenoxy) is 1. The van der Waals surface area contributed by atoms with Crippen LogP contribution in [0, 0.1) is 5.41 Å². The van der Waals surface area contributed by atoms with Gasteiger partial charge in [-0.25, -0.2) is 4.79 Å². The molecule has 1 rings (SSSR count). The first kappa shape index (κ1) is 16.0. The van der Waals surface area contributed by atoms with E-state index in [0.29, 0.717) is 13.1 Å². The Balaban J connectivity index is 2.53. The van der Waals surface area contributed by atoms with Crippen LogP contribution < -0.4 is 0 Å². The highest BCUT2D eigenvalue weighted by molar-refractivity contribution is 5.68. The molecule has 110 valence electrons. The average molecular weight is 269 g/mol. The minimum Gasteiger partial charge on any atom is -0.444 e. The lowest BCUT2D eigenvalue weighted by atomic mass is 9.76. The van der Waals surface area contributed by atoms with E-state index in [1.54, 1.807) is 4.90 Å². The Morgan fingerprint density at radius 2 is 1.95 bits per heavy atom. The van der Waals surface area contributed by atoms with Crippen LogP contribution in [-0.2, 0) is 4.74 Å². The molecular weight excluding hydrogens is 242 g/mol. The number of hydrogen-bond donors (Lipinski definition) is 1. The van der Waals surface area contributed by atoms with Crippen molar-refractivity contribution in [1.29, 1.82) is 0 Å². The molecule has 1 fully saturated rings. The molecule has 4 heteroatoms. The Bertz CT molecular complexity index is 323. The van der Waals surface area contributed by atoms with Gasteiger partial charge in [-0.05, 0) is 47.0 Å². The van der Waals surface area contributed by atoms with Crippen molar-refractivity contribution >= 4 is 6.09 Å². The number of aliphatic hydroxyl groups excluding tert-OH is 1. The summed E-state index contributed by atoms with van der Waals surface area (Å²) < 4.78 is 5.37. The zero-order valence-corrected chi connectivity index (χ0v) is 12.6. The summed E-state index contributed by atoms with van der Waals surface area (Å²) in [6.07, 6.45) is 6.39. The Hall–Kier alpha value is -1.03. The van der Waals surface area contributed by atoms with Gasteiger partial charge in [0.2, 0.25) is 0 Å². The number of carbonyl (C=O) groups is 1. The Labute approximate surface area is 116 Å². The first-order valence-corrected chi connectivity index (χ1v) is 7.02. The number of likely N-dealkylation sites (tertiary alicyclic amines) is 1. The Morgan fingerprint density at radius 3 is 2.37 bits per heavy atom. The first-order chi connectivity index (χ1) is 8.82. The highest BCUT2D eigenvalue weighted by Crippen LogP contribution is 2.35. The van der Waals surface area contributed by atoms with Gasteiger partial charge in [-0.15, -0.1) is 0 Å². The Morgan fingerprint density at radius 1 is 1.37 bits per heavy atom. The lowest BCUT2D eigenvalue weighted by molar-refractivity contribution is 0.000423. The standard InChI is InChI=1S/C15H27NO3/c1-5-6-7-15(12-17)8-10-16(11-9-15)13(18)19-14(2,3)4/h5-6,17H,7-12H2,1-4H3. The Kier molecular flexibility index (Phi) is 5.41. The van der Waals surface area contributed by atoms with Crippen LogP contribution >= 0.6 is 0 Å². The van der Waals surface area contributed by atoms with Gasteiger partial charge < -0.3 is 14.7 Å². The molecule has 0 aromatic heterocycles. The zero-order valence-electron chi connectivity index (χ0n) is 12.6. The van der Waals surface area contributed by atoms with Crippen molar-refractivity contribution in [3.8, 4) is 0 Å². The molecule has 0 aromatic carbocycles. The largest absolute Gasteiger partial charge is 0.444 e. The van der Waals surface area contributed by atoms with Crippen molar-refractivity contribution in [3.05, 3.63) is 12.2 Å². The molecule has 0 radical (unpaired) electrons. The van der Waals surface area contributed by atoms with E-state index < -0.39 is 5.60 Å². The molecule has 1 saturated heterocycles. The van der Waals surface area contributed by atoms with E-state index in [1.807, 2.05) is 33.8 Å². The minimum atomic E-state index is -0.451. The van der Waals surface area contributed by atoms with E-state index in [-0.39, 0.29) is 18.1 Å². The maximum absolute atomic E-state index is 12.0. The molecule has 0 aliphatic carbocycles. The number of hydrogen-bond acceptors (Lipinski definition) is 3. The van der Waals surface area contributed by atoms with E-state index >= 15 is 0 Å². The van der Waals surface area contributed by atoms with Crippen LogP contribution in [0.15, 0.2) is 12.2 Å². The number of allylic oxidation sites excluding steroid dienone is 2. The van der Waals surface area contributed by atoms with Gasteiger partial charge in [0.15, 0.2) is 0 Å². The van der Waals surface area contributed by atoms with Crippen molar-refractivity contribution in [2.75, 3.05) is 19.7 Å². The van der Waals surface area contributed by atoms with Crippen LogP contribution in [0.25, 0.3) is 0 Å². The van der Waals surface area contributed by atoms with E-state index in [9.17, 15) is 9.90 Å². The van der Waals surface area contributed by atoms with E-state index in [0.717, 1.165) is 19.3 Å². The molecule has 0 atom stereocenters. The van der Waals surface area contributed by atoms with Crippen molar-refractivity contribution in [1.82, 2.24) is 4.90 Å². The molecule has 4 nitrogen and oxygen atoms in total. The predicted octanol–water partition coefficient (Wildman–Crippen LogP) is 2.96. The predicted molar refractivity (Wildman–Crippen MR) is 76.0 cm³/mol. The second-order valence-corrected chi connectivity index (χ2v) is 6.40. The number of rotatable bonds is 3. The molecule has 0 saturated carbocycles. The highest BCUT2D eigenvalue weighted by Gasteiger charge is 2.35. The van der Waals surface area contributed by atoms with E-state index in [1.165, 1.54) is 0 Å². The lowest BCUT2D eigenvalue weighted by Gasteiger charge is -2.40. The first-order valence-electron chi connectivity index (χ1n) is 7.02. The van der Waals surface area contributed by atoms with Gasteiger partial charge in [-0.2, -0.15) is 0 Å². The summed E-state index contributed by atoms with van der Waals surface area (Å²) in [5.41, 5.74) is -0.515. The topological polar surface area (TPSA) is 49.8 Å². The van der Waals surface area contributed by atoms with Crippen LogP contribution in [0.5, 0.6) is 0 Å². The number of carbonyl (C=O) groups excluding carboxylic acids is 1. The molecule has 1 N–H and O–H groups in total. The van der Waals surface area contributed by atoms with Gasteiger partial charge in [0.05, 0.1) is 0 Å². The third kappa shape index (κ3) is 4.86. The second kappa shape index (κ2) is 6.42. The van der Waals surface area contributed by atoms with Gasteiger partial charge in [0.1, 0.15) is 5.60 Å². The molecule has 0 aromatic rings. The summed E-state index contributed by atoms with van der Waals surface area (Å²) in [5.74, 6) is 0. The van der Waals surface area contributed by atoms with Crippen LogP contribution in [0.4, 0.5) is 4.79 Å². The minimum absolute atomic E-state index is 0.0645. The van der Waals surface area contributed by atoms with Crippen LogP contribution in [0.1, 0.15) is 47.0 Å². The van der Waals surface area contributed by atoms with Gasteiger partial charge in [0, 0.05) is 25.1 Å².